The maximum Gasteiger partial charge on any atom is 0.229 e. The van der Waals surface area contributed by atoms with Crippen LogP contribution in [0.25, 0.3) is 11.3 Å². The molecule has 4 heteroatoms. The van der Waals surface area contributed by atoms with Gasteiger partial charge in [-0.3, -0.25) is 4.98 Å². The minimum atomic E-state index is 0.394. The van der Waals surface area contributed by atoms with E-state index in [0.717, 1.165) is 38.2 Å². The van der Waals surface area contributed by atoms with Gasteiger partial charge in [-0.2, -0.15) is 4.57 Å². The quantitative estimate of drug-likeness (QED) is 0.674. The maximum absolute atomic E-state index is 4.47. The summed E-state index contributed by atoms with van der Waals surface area (Å²) in [6.07, 6.45) is 17.0. The smallest absolute Gasteiger partial charge is 0.229 e. The molecule has 2 aliphatic heterocycles. The summed E-state index contributed by atoms with van der Waals surface area (Å²) in [6, 6.07) is 6.94. The number of aromatic nitrogens is 2. The third kappa shape index (κ3) is 3.30. The lowest BCUT2D eigenvalue weighted by molar-refractivity contribution is -0.596. The first-order valence-electron chi connectivity index (χ1n) is 8.65. The molecule has 0 radical (unpaired) electrons. The molecule has 122 valence electrons. The lowest BCUT2D eigenvalue weighted by atomic mass is 10.0. The van der Waals surface area contributed by atoms with Crippen LogP contribution in [0.15, 0.2) is 61.2 Å². The Morgan fingerprint density at radius 1 is 1.17 bits per heavy atom. The van der Waals surface area contributed by atoms with E-state index in [0.29, 0.717) is 6.04 Å². The predicted molar refractivity (Wildman–Crippen MR) is 95.7 cm³/mol. The first-order valence-corrected chi connectivity index (χ1v) is 8.65. The second-order valence-corrected chi connectivity index (χ2v) is 6.33. The normalized spacial score (nSPS) is 20.7. The monoisotopic (exact) mass is 319 g/mol. The van der Waals surface area contributed by atoms with Gasteiger partial charge in [0.25, 0.3) is 0 Å². The summed E-state index contributed by atoms with van der Waals surface area (Å²) in [5.41, 5.74) is 5.04. The molecule has 0 aliphatic carbocycles. The minimum absolute atomic E-state index is 0.394. The van der Waals surface area contributed by atoms with Gasteiger partial charge in [0.15, 0.2) is 12.4 Å². The molecule has 1 unspecified atom stereocenters. The van der Waals surface area contributed by atoms with Crippen molar-refractivity contribution < 1.29 is 4.57 Å². The van der Waals surface area contributed by atoms with E-state index in [-0.39, 0.29) is 0 Å². The molecule has 0 fully saturated rings. The molecule has 0 spiro atoms. The molecule has 4 nitrogen and oxygen atoms in total. The number of pyridine rings is 2. The van der Waals surface area contributed by atoms with Gasteiger partial charge in [-0.1, -0.05) is 18.2 Å². The number of nitrogens with zero attached hydrogens (tertiary/aromatic N) is 2. The highest BCUT2D eigenvalue weighted by molar-refractivity contribution is 5.66. The summed E-state index contributed by atoms with van der Waals surface area (Å²) in [7, 11) is 0. The molecule has 1 atom stereocenters. The molecule has 2 N–H and O–H groups in total. The van der Waals surface area contributed by atoms with Gasteiger partial charge in [-0.05, 0) is 31.0 Å². The number of rotatable bonds is 3. The summed E-state index contributed by atoms with van der Waals surface area (Å²) in [5.74, 6) is 0. The third-order valence-electron chi connectivity index (χ3n) is 4.70. The van der Waals surface area contributed by atoms with Gasteiger partial charge >= 0.3 is 0 Å². The van der Waals surface area contributed by atoms with E-state index >= 15 is 0 Å². The van der Waals surface area contributed by atoms with Crippen LogP contribution in [-0.4, -0.2) is 24.6 Å². The molecule has 0 bridgehead atoms. The van der Waals surface area contributed by atoms with Gasteiger partial charge in [0, 0.05) is 48.6 Å². The van der Waals surface area contributed by atoms with Gasteiger partial charge in [0.05, 0.1) is 6.20 Å². The van der Waals surface area contributed by atoms with E-state index < -0.39 is 0 Å². The Balaban J connectivity index is 1.64. The Morgan fingerprint density at radius 3 is 3.00 bits per heavy atom. The number of hydrogen-bond acceptors (Lipinski definition) is 3. The Hall–Kier alpha value is -2.30. The fourth-order valence-electron chi connectivity index (χ4n) is 3.35. The Kier molecular flexibility index (Phi) is 4.49. The molecule has 0 saturated heterocycles. The van der Waals surface area contributed by atoms with Crippen LogP contribution in [0.5, 0.6) is 0 Å². The van der Waals surface area contributed by atoms with Crippen molar-refractivity contribution in [3.05, 3.63) is 72.3 Å². The van der Waals surface area contributed by atoms with Crippen molar-refractivity contribution in [3.63, 3.8) is 0 Å². The molecule has 2 aromatic rings. The van der Waals surface area contributed by atoms with Crippen LogP contribution in [0.3, 0.4) is 0 Å². The minimum Gasteiger partial charge on any atom is -0.313 e. The standard InChI is InChI=1S/C20H23N4/c1-2-8-23-20(5-1)17-4-3-11-24(15-17)19-12-18(13-22-14-19)16-6-9-21-10-7-16/h1-4,6,11-15,20-21,23H,5,7-10H2/q+1. The maximum atomic E-state index is 4.47. The molecule has 24 heavy (non-hydrogen) atoms. The van der Waals surface area contributed by atoms with Crippen molar-refractivity contribution in [2.75, 3.05) is 19.6 Å². The summed E-state index contributed by atoms with van der Waals surface area (Å²) in [6.45, 7) is 2.93. The highest BCUT2D eigenvalue weighted by Gasteiger charge is 2.17. The summed E-state index contributed by atoms with van der Waals surface area (Å²) in [5, 5.41) is 6.91. The molecule has 2 aromatic heterocycles. The summed E-state index contributed by atoms with van der Waals surface area (Å²) < 4.78 is 2.17. The Labute approximate surface area is 142 Å². The third-order valence-corrected chi connectivity index (χ3v) is 4.70. The molecule has 4 rings (SSSR count). The molecule has 0 amide bonds. The van der Waals surface area contributed by atoms with Crippen molar-refractivity contribution in [1.29, 1.82) is 0 Å². The fourth-order valence-corrected chi connectivity index (χ4v) is 3.35. The zero-order valence-electron chi connectivity index (χ0n) is 13.8. The van der Waals surface area contributed by atoms with E-state index in [1.165, 1.54) is 16.7 Å². The average Bonchev–Trinajstić information content (AvgIpc) is 2.70. The van der Waals surface area contributed by atoms with E-state index in [4.69, 9.17) is 0 Å². The second-order valence-electron chi connectivity index (χ2n) is 6.33. The van der Waals surface area contributed by atoms with Crippen LogP contribution >= 0.6 is 0 Å². The molecule has 0 aromatic carbocycles. The van der Waals surface area contributed by atoms with Crippen LogP contribution in [-0.2, 0) is 0 Å². The Bertz CT molecular complexity index is 779. The van der Waals surface area contributed by atoms with Crippen molar-refractivity contribution in [1.82, 2.24) is 15.6 Å². The van der Waals surface area contributed by atoms with E-state index in [1.807, 2.05) is 12.4 Å². The van der Waals surface area contributed by atoms with Crippen LogP contribution in [0.4, 0.5) is 0 Å². The molecule has 0 saturated carbocycles. The summed E-state index contributed by atoms with van der Waals surface area (Å²) in [4.78, 5) is 4.47. The van der Waals surface area contributed by atoms with Crippen molar-refractivity contribution >= 4 is 5.57 Å². The van der Waals surface area contributed by atoms with Crippen LogP contribution in [0.1, 0.15) is 30.0 Å². The lowest BCUT2D eigenvalue weighted by Gasteiger charge is -2.18. The zero-order valence-corrected chi connectivity index (χ0v) is 13.8. The topological polar surface area (TPSA) is 40.8 Å². The van der Waals surface area contributed by atoms with Crippen LogP contribution in [0, 0.1) is 0 Å². The van der Waals surface area contributed by atoms with Gasteiger partial charge < -0.3 is 10.6 Å². The van der Waals surface area contributed by atoms with Gasteiger partial charge in [-0.15, -0.1) is 0 Å². The fraction of sp³-hybridized carbons (Fsp3) is 0.300. The van der Waals surface area contributed by atoms with Crippen LogP contribution in [0.2, 0.25) is 0 Å². The van der Waals surface area contributed by atoms with E-state index in [9.17, 15) is 0 Å². The van der Waals surface area contributed by atoms with Crippen molar-refractivity contribution in [2.45, 2.75) is 18.9 Å². The number of hydrogen-bond donors (Lipinski definition) is 2. The van der Waals surface area contributed by atoms with Gasteiger partial charge in [0.1, 0.15) is 0 Å². The summed E-state index contributed by atoms with van der Waals surface area (Å²) >= 11 is 0. The first kappa shape index (κ1) is 15.2. The Morgan fingerprint density at radius 2 is 2.17 bits per heavy atom. The van der Waals surface area contributed by atoms with E-state index in [1.54, 1.807) is 0 Å². The van der Waals surface area contributed by atoms with Gasteiger partial charge in [0.2, 0.25) is 5.69 Å². The average molecular weight is 319 g/mol. The molecule has 4 heterocycles. The zero-order chi connectivity index (χ0) is 16.2. The van der Waals surface area contributed by atoms with E-state index in [2.05, 4.69) is 69.0 Å². The molecular formula is C20H23N4+. The van der Waals surface area contributed by atoms with Crippen molar-refractivity contribution in [2.24, 2.45) is 0 Å². The highest BCUT2D eigenvalue weighted by atomic mass is 15.0. The second kappa shape index (κ2) is 7.07. The highest BCUT2D eigenvalue weighted by Crippen LogP contribution is 2.21. The predicted octanol–water partition coefficient (Wildman–Crippen LogP) is 2.33. The molecular weight excluding hydrogens is 296 g/mol. The molecule has 2 aliphatic rings. The van der Waals surface area contributed by atoms with Crippen LogP contribution < -0.4 is 15.2 Å². The first-order chi connectivity index (χ1) is 11.9. The van der Waals surface area contributed by atoms with Crippen molar-refractivity contribution in [3.8, 4) is 5.69 Å². The lowest BCUT2D eigenvalue weighted by Crippen LogP contribution is -2.33. The number of nitrogens with one attached hydrogen (secondary N) is 2. The van der Waals surface area contributed by atoms with Gasteiger partial charge in [-0.25, -0.2) is 0 Å². The largest absolute Gasteiger partial charge is 0.313 e. The SMILES string of the molecule is C1=CCC(c2ccc[n+](-c3cncc(C4=CCNCC4)c3)c2)NC1.